The molecule has 2 heterocycles. The highest BCUT2D eigenvalue weighted by Crippen LogP contribution is 2.34. The lowest BCUT2D eigenvalue weighted by Gasteiger charge is -2.07. The van der Waals surface area contributed by atoms with Gasteiger partial charge in [0.2, 0.25) is 5.91 Å². The van der Waals surface area contributed by atoms with Crippen LogP contribution in [0, 0.1) is 0 Å². The van der Waals surface area contributed by atoms with E-state index in [1.165, 1.54) is 0 Å². The SMILES string of the molecule is O=C(Nc1cc(-c2ccccc2)on1)C1COc2ccccc21. The van der Waals surface area contributed by atoms with Gasteiger partial charge in [0, 0.05) is 17.2 Å². The number of carbonyl (C=O) groups is 1. The number of benzene rings is 2. The maximum Gasteiger partial charge on any atom is 0.236 e. The molecule has 1 aliphatic rings. The third-order valence-electron chi connectivity index (χ3n) is 3.84. The summed E-state index contributed by atoms with van der Waals surface area (Å²) >= 11 is 0. The molecule has 0 aliphatic carbocycles. The fourth-order valence-corrected chi connectivity index (χ4v) is 2.67. The molecule has 1 N–H and O–H groups in total. The minimum Gasteiger partial charge on any atom is -0.492 e. The zero-order chi connectivity index (χ0) is 15.6. The zero-order valence-corrected chi connectivity index (χ0v) is 12.2. The highest BCUT2D eigenvalue weighted by Gasteiger charge is 2.30. The van der Waals surface area contributed by atoms with Gasteiger partial charge < -0.3 is 14.6 Å². The van der Waals surface area contributed by atoms with E-state index in [9.17, 15) is 4.79 Å². The molecule has 0 fully saturated rings. The molecule has 0 saturated heterocycles. The molecule has 5 heteroatoms. The minimum atomic E-state index is -0.330. The molecule has 2 aromatic carbocycles. The number of hydrogen-bond donors (Lipinski definition) is 1. The second kappa shape index (κ2) is 5.61. The lowest BCUT2D eigenvalue weighted by Crippen LogP contribution is -2.22. The topological polar surface area (TPSA) is 64.4 Å². The number of ether oxygens (including phenoxy) is 1. The number of rotatable bonds is 3. The van der Waals surface area contributed by atoms with Crippen molar-refractivity contribution >= 4 is 11.7 Å². The largest absolute Gasteiger partial charge is 0.492 e. The van der Waals surface area contributed by atoms with Crippen molar-refractivity contribution in [3.63, 3.8) is 0 Å². The van der Waals surface area contributed by atoms with Gasteiger partial charge in [0.15, 0.2) is 11.6 Å². The van der Waals surface area contributed by atoms with Gasteiger partial charge in [-0.15, -0.1) is 0 Å². The van der Waals surface area contributed by atoms with Crippen LogP contribution in [-0.2, 0) is 4.79 Å². The molecule has 1 aliphatic heterocycles. The first-order chi connectivity index (χ1) is 11.3. The molecule has 1 aromatic heterocycles. The zero-order valence-electron chi connectivity index (χ0n) is 12.2. The Bertz CT molecular complexity index is 842. The van der Waals surface area contributed by atoms with Crippen LogP contribution in [0.5, 0.6) is 5.75 Å². The summed E-state index contributed by atoms with van der Waals surface area (Å²) in [5.74, 6) is 1.30. The van der Waals surface area contributed by atoms with Crippen LogP contribution in [0.3, 0.4) is 0 Å². The van der Waals surface area contributed by atoms with Crippen molar-refractivity contribution in [1.82, 2.24) is 5.16 Å². The number of fused-ring (bicyclic) bond motifs is 1. The second-order valence-corrected chi connectivity index (χ2v) is 5.33. The Morgan fingerprint density at radius 1 is 1.09 bits per heavy atom. The van der Waals surface area contributed by atoms with Crippen molar-refractivity contribution in [2.75, 3.05) is 11.9 Å². The summed E-state index contributed by atoms with van der Waals surface area (Å²) in [7, 11) is 0. The van der Waals surface area contributed by atoms with E-state index in [0.717, 1.165) is 16.9 Å². The Hall–Kier alpha value is -3.08. The molecule has 1 atom stereocenters. The standard InChI is InChI=1S/C18H14N2O3/c21-18(14-11-22-15-9-5-4-8-13(14)15)19-17-10-16(23-20-17)12-6-2-1-3-7-12/h1-10,14H,11H2,(H,19,20,21). The molecule has 5 nitrogen and oxygen atoms in total. The van der Waals surface area contributed by atoms with E-state index in [1.54, 1.807) is 6.07 Å². The van der Waals surface area contributed by atoms with Gasteiger partial charge in [0.1, 0.15) is 18.3 Å². The lowest BCUT2D eigenvalue weighted by atomic mass is 10.0. The van der Waals surface area contributed by atoms with Gasteiger partial charge in [-0.3, -0.25) is 4.79 Å². The molecule has 0 bridgehead atoms. The molecule has 4 rings (SSSR count). The van der Waals surface area contributed by atoms with E-state index in [1.807, 2.05) is 54.6 Å². The van der Waals surface area contributed by atoms with Crippen LogP contribution in [0.4, 0.5) is 5.82 Å². The Kier molecular flexibility index (Phi) is 3.31. The number of hydrogen-bond acceptors (Lipinski definition) is 4. The first-order valence-electron chi connectivity index (χ1n) is 7.36. The predicted molar refractivity (Wildman–Crippen MR) is 85.2 cm³/mol. The molecule has 3 aromatic rings. The molecular formula is C18H14N2O3. The highest BCUT2D eigenvalue weighted by atomic mass is 16.5. The number of aromatic nitrogens is 1. The normalized spacial score (nSPS) is 15.7. The van der Waals surface area contributed by atoms with Crippen LogP contribution in [0.1, 0.15) is 11.5 Å². The van der Waals surface area contributed by atoms with Crippen LogP contribution in [-0.4, -0.2) is 17.7 Å². The van der Waals surface area contributed by atoms with Gasteiger partial charge >= 0.3 is 0 Å². The van der Waals surface area contributed by atoms with Crippen LogP contribution in [0.15, 0.2) is 65.2 Å². The maximum atomic E-state index is 12.5. The van der Waals surface area contributed by atoms with E-state index in [4.69, 9.17) is 9.26 Å². The number of nitrogens with one attached hydrogen (secondary N) is 1. The third-order valence-corrected chi connectivity index (χ3v) is 3.84. The van der Waals surface area contributed by atoms with E-state index in [0.29, 0.717) is 18.2 Å². The Balaban J connectivity index is 1.51. The minimum absolute atomic E-state index is 0.150. The predicted octanol–water partition coefficient (Wildman–Crippen LogP) is 3.46. The molecule has 0 saturated carbocycles. The Labute approximate surface area is 132 Å². The number of carbonyl (C=O) groups excluding carboxylic acids is 1. The first-order valence-corrected chi connectivity index (χ1v) is 7.36. The van der Waals surface area contributed by atoms with Gasteiger partial charge in [-0.05, 0) is 6.07 Å². The summed E-state index contributed by atoms with van der Waals surface area (Å²) in [4.78, 5) is 12.5. The van der Waals surface area contributed by atoms with Gasteiger partial charge in [-0.2, -0.15) is 0 Å². The van der Waals surface area contributed by atoms with Gasteiger partial charge in [-0.1, -0.05) is 53.7 Å². The van der Waals surface area contributed by atoms with Crippen LogP contribution in [0.25, 0.3) is 11.3 Å². The fraction of sp³-hybridized carbons (Fsp3) is 0.111. The van der Waals surface area contributed by atoms with E-state index < -0.39 is 0 Å². The number of amides is 1. The van der Waals surface area contributed by atoms with E-state index >= 15 is 0 Å². The molecular weight excluding hydrogens is 292 g/mol. The Morgan fingerprint density at radius 3 is 2.74 bits per heavy atom. The van der Waals surface area contributed by atoms with Crippen molar-refractivity contribution in [3.8, 4) is 17.1 Å². The second-order valence-electron chi connectivity index (χ2n) is 5.33. The number of para-hydroxylation sites is 1. The average molecular weight is 306 g/mol. The molecule has 0 radical (unpaired) electrons. The van der Waals surface area contributed by atoms with Crippen molar-refractivity contribution in [2.24, 2.45) is 0 Å². The van der Waals surface area contributed by atoms with E-state index in [-0.39, 0.29) is 11.8 Å². The van der Waals surface area contributed by atoms with Crippen LogP contribution >= 0.6 is 0 Å². The highest BCUT2D eigenvalue weighted by molar-refractivity contribution is 5.96. The van der Waals surface area contributed by atoms with Gasteiger partial charge in [0.25, 0.3) is 0 Å². The first kappa shape index (κ1) is 13.6. The molecule has 1 unspecified atom stereocenters. The summed E-state index contributed by atoms with van der Waals surface area (Å²) < 4.78 is 10.8. The van der Waals surface area contributed by atoms with E-state index in [2.05, 4.69) is 10.5 Å². The van der Waals surface area contributed by atoms with Crippen molar-refractivity contribution in [2.45, 2.75) is 5.92 Å². The van der Waals surface area contributed by atoms with Crippen LogP contribution in [0.2, 0.25) is 0 Å². The van der Waals surface area contributed by atoms with Crippen LogP contribution < -0.4 is 10.1 Å². The Morgan fingerprint density at radius 2 is 1.87 bits per heavy atom. The molecule has 114 valence electrons. The molecule has 0 spiro atoms. The van der Waals surface area contributed by atoms with Crippen molar-refractivity contribution in [1.29, 1.82) is 0 Å². The fourth-order valence-electron chi connectivity index (χ4n) is 2.67. The van der Waals surface area contributed by atoms with Crippen molar-refractivity contribution in [3.05, 3.63) is 66.2 Å². The summed E-state index contributed by atoms with van der Waals surface area (Å²) in [5, 5.41) is 6.70. The summed E-state index contributed by atoms with van der Waals surface area (Å²) in [6.07, 6.45) is 0. The summed E-state index contributed by atoms with van der Waals surface area (Å²) in [6.45, 7) is 0.342. The molecule has 23 heavy (non-hydrogen) atoms. The number of nitrogens with zero attached hydrogens (tertiary/aromatic N) is 1. The molecule has 1 amide bonds. The smallest absolute Gasteiger partial charge is 0.236 e. The quantitative estimate of drug-likeness (QED) is 0.805. The monoisotopic (exact) mass is 306 g/mol. The van der Waals surface area contributed by atoms with Crippen molar-refractivity contribution < 1.29 is 14.1 Å². The van der Waals surface area contributed by atoms with Gasteiger partial charge in [-0.25, -0.2) is 0 Å². The summed E-state index contributed by atoms with van der Waals surface area (Å²) in [5.41, 5.74) is 1.81. The maximum absolute atomic E-state index is 12.5. The third kappa shape index (κ3) is 2.57. The van der Waals surface area contributed by atoms with Gasteiger partial charge in [0.05, 0.1) is 0 Å². The number of anilines is 1. The lowest BCUT2D eigenvalue weighted by molar-refractivity contribution is -0.117. The average Bonchev–Trinajstić information content (AvgIpc) is 3.22. The summed E-state index contributed by atoms with van der Waals surface area (Å²) in [6, 6.07) is 18.9.